The lowest BCUT2D eigenvalue weighted by Gasteiger charge is -2.07. The van der Waals surface area contributed by atoms with Crippen molar-refractivity contribution >= 4 is 11.0 Å². The molecule has 3 aromatic heterocycles. The van der Waals surface area contributed by atoms with Crippen molar-refractivity contribution in [1.82, 2.24) is 19.7 Å². The van der Waals surface area contributed by atoms with E-state index < -0.39 is 0 Å². The topological polar surface area (TPSA) is 43.6 Å². The van der Waals surface area contributed by atoms with Crippen LogP contribution in [0.5, 0.6) is 0 Å². The highest BCUT2D eigenvalue weighted by Crippen LogP contribution is 2.23. The number of aryl methyl sites for hydroxylation is 1. The molecular formula is C15H16N4. The van der Waals surface area contributed by atoms with Crippen molar-refractivity contribution < 1.29 is 0 Å². The Balaban J connectivity index is 2.13. The molecular weight excluding hydrogens is 236 g/mol. The summed E-state index contributed by atoms with van der Waals surface area (Å²) in [5.41, 5.74) is 5.20. The molecule has 3 heterocycles. The normalized spacial score (nSPS) is 11.4. The third-order valence-corrected chi connectivity index (χ3v) is 3.35. The molecule has 4 heteroatoms. The van der Waals surface area contributed by atoms with Crippen LogP contribution in [0.25, 0.3) is 22.3 Å². The zero-order chi connectivity index (χ0) is 13.4. The van der Waals surface area contributed by atoms with Crippen LogP contribution in [0.3, 0.4) is 0 Å². The molecule has 0 saturated carbocycles. The second-order valence-corrected chi connectivity index (χ2v) is 5.03. The van der Waals surface area contributed by atoms with E-state index in [2.05, 4.69) is 47.1 Å². The van der Waals surface area contributed by atoms with E-state index in [0.717, 1.165) is 22.3 Å². The lowest BCUT2D eigenvalue weighted by molar-refractivity contribution is 0.797. The highest BCUT2D eigenvalue weighted by Gasteiger charge is 2.07. The number of pyridine rings is 2. The number of hydrogen-bond acceptors (Lipinski definition) is 3. The molecule has 3 aromatic rings. The van der Waals surface area contributed by atoms with Gasteiger partial charge in [0, 0.05) is 25.0 Å². The average molecular weight is 252 g/mol. The Hall–Kier alpha value is -2.23. The Kier molecular flexibility index (Phi) is 2.78. The lowest BCUT2D eigenvalue weighted by Crippen LogP contribution is -1.93. The van der Waals surface area contributed by atoms with Crippen LogP contribution in [0, 0.1) is 0 Å². The van der Waals surface area contributed by atoms with Gasteiger partial charge < -0.3 is 0 Å². The molecule has 0 spiro atoms. The number of rotatable bonds is 2. The molecule has 19 heavy (non-hydrogen) atoms. The maximum Gasteiger partial charge on any atom is 0.108 e. The van der Waals surface area contributed by atoms with Crippen LogP contribution < -0.4 is 0 Å². The van der Waals surface area contributed by atoms with Gasteiger partial charge in [-0.25, -0.2) is 0 Å². The van der Waals surface area contributed by atoms with E-state index in [1.54, 1.807) is 6.20 Å². The molecule has 0 aromatic carbocycles. The second kappa shape index (κ2) is 4.46. The van der Waals surface area contributed by atoms with Crippen molar-refractivity contribution in [2.24, 2.45) is 7.05 Å². The van der Waals surface area contributed by atoms with Gasteiger partial charge in [0.15, 0.2) is 0 Å². The summed E-state index contributed by atoms with van der Waals surface area (Å²) in [6.07, 6.45) is 5.49. The molecule has 0 aliphatic carbocycles. The Morgan fingerprint density at radius 3 is 2.74 bits per heavy atom. The van der Waals surface area contributed by atoms with Crippen molar-refractivity contribution in [3.8, 4) is 11.3 Å². The fraction of sp³-hybridized carbons (Fsp3) is 0.267. The van der Waals surface area contributed by atoms with E-state index in [4.69, 9.17) is 0 Å². The minimum absolute atomic E-state index is 0.496. The SMILES string of the molecule is CC(C)c1ccnc(-c2cnc3cnn(C)c3c2)c1. The summed E-state index contributed by atoms with van der Waals surface area (Å²) in [5, 5.41) is 4.21. The van der Waals surface area contributed by atoms with Gasteiger partial charge >= 0.3 is 0 Å². The van der Waals surface area contributed by atoms with Crippen LogP contribution in [0.15, 0.2) is 36.8 Å². The predicted octanol–water partition coefficient (Wildman–Crippen LogP) is 3.15. The summed E-state index contributed by atoms with van der Waals surface area (Å²) >= 11 is 0. The number of nitrogens with zero attached hydrogens (tertiary/aromatic N) is 4. The van der Waals surface area contributed by atoms with Crippen LogP contribution in [0.2, 0.25) is 0 Å². The standard InChI is InChI=1S/C15H16N4/c1-10(2)11-4-5-16-13(6-11)12-7-15-14(17-8-12)9-18-19(15)3/h4-10H,1-3H3. The van der Waals surface area contributed by atoms with Crippen LogP contribution in [-0.4, -0.2) is 19.7 Å². The molecule has 0 atom stereocenters. The van der Waals surface area contributed by atoms with Crippen molar-refractivity contribution in [1.29, 1.82) is 0 Å². The van der Waals surface area contributed by atoms with Gasteiger partial charge in [-0.3, -0.25) is 14.6 Å². The minimum Gasteiger partial charge on any atom is -0.266 e. The molecule has 0 amide bonds. The van der Waals surface area contributed by atoms with E-state index >= 15 is 0 Å². The van der Waals surface area contributed by atoms with Crippen molar-refractivity contribution in [2.75, 3.05) is 0 Å². The van der Waals surface area contributed by atoms with E-state index in [1.165, 1.54) is 5.56 Å². The maximum atomic E-state index is 4.44. The molecule has 96 valence electrons. The molecule has 0 fully saturated rings. The van der Waals surface area contributed by atoms with Gasteiger partial charge in [0.05, 0.1) is 17.4 Å². The monoisotopic (exact) mass is 252 g/mol. The first-order valence-electron chi connectivity index (χ1n) is 6.39. The van der Waals surface area contributed by atoms with Crippen molar-refractivity contribution in [3.63, 3.8) is 0 Å². The summed E-state index contributed by atoms with van der Waals surface area (Å²) in [4.78, 5) is 8.87. The molecule has 0 N–H and O–H groups in total. The average Bonchev–Trinajstić information content (AvgIpc) is 2.80. The highest BCUT2D eigenvalue weighted by molar-refractivity contribution is 5.79. The van der Waals surface area contributed by atoms with Crippen molar-refractivity contribution in [2.45, 2.75) is 19.8 Å². The first-order valence-corrected chi connectivity index (χ1v) is 6.39. The summed E-state index contributed by atoms with van der Waals surface area (Å²) in [5.74, 6) is 0.496. The zero-order valence-corrected chi connectivity index (χ0v) is 11.3. The summed E-state index contributed by atoms with van der Waals surface area (Å²) in [6, 6.07) is 6.27. The lowest BCUT2D eigenvalue weighted by atomic mass is 10.0. The third kappa shape index (κ3) is 2.10. The Morgan fingerprint density at radius 2 is 1.95 bits per heavy atom. The molecule has 0 radical (unpaired) electrons. The van der Waals surface area contributed by atoms with E-state index in [1.807, 2.05) is 24.1 Å². The summed E-state index contributed by atoms with van der Waals surface area (Å²) in [7, 11) is 1.92. The summed E-state index contributed by atoms with van der Waals surface area (Å²) < 4.78 is 1.83. The van der Waals surface area contributed by atoms with E-state index in [0.29, 0.717) is 5.92 Å². The minimum atomic E-state index is 0.496. The van der Waals surface area contributed by atoms with Gasteiger partial charge in [-0.2, -0.15) is 5.10 Å². The fourth-order valence-electron chi connectivity index (χ4n) is 2.13. The van der Waals surface area contributed by atoms with Crippen LogP contribution >= 0.6 is 0 Å². The van der Waals surface area contributed by atoms with E-state index in [9.17, 15) is 0 Å². The summed E-state index contributed by atoms with van der Waals surface area (Å²) in [6.45, 7) is 4.36. The second-order valence-electron chi connectivity index (χ2n) is 5.03. The molecule has 0 bridgehead atoms. The Bertz CT molecular complexity index is 728. The zero-order valence-electron chi connectivity index (χ0n) is 11.3. The molecule has 0 aliphatic heterocycles. The first-order chi connectivity index (χ1) is 9.15. The van der Waals surface area contributed by atoms with Gasteiger partial charge in [-0.1, -0.05) is 13.8 Å². The van der Waals surface area contributed by atoms with Crippen molar-refractivity contribution in [3.05, 3.63) is 42.4 Å². The van der Waals surface area contributed by atoms with Crippen LogP contribution in [0.4, 0.5) is 0 Å². The van der Waals surface area contributed by atoms with Gasteiger partial charge in [0.1, 0.15) is 5.52 Å². The van der Waals surface area contributed by atoms with Crippen LogP contribution in [0.1, 0.15) is 25.3 Å². The molecule has 0 unspecified atom stereocenters. The molecule has 0 saturated heterocycles. The third-order valence-electron chi connectivity index (χ3n) is 3.35. The highest BCUT2D eigenvalue weighted by atomic mass is 15.3. The smallest absolute Gasteiger partial charge is 0.108 e. The number of fused-ring (bicyclic) bond motifs is 1. The quantitative estimate of drug-likeness (QED) is 0.703. The van der Waals surface area contributed by atoms with Gasteiger partial charge in [-0.15, -0.1) is 0 Å². The van der Waals surface area contributed by atoms with E-state index in [-0.39, 0.29) is 0 Å². The first kappa shape index (κ1) is 11.8. The Morgan fingerprint density at radius 1 is 1.11 bits per heavy atom. The Labute approximate surface area is 112 Å². The fourth-order valence-corrected chi connectivity index (χ4v) is 2.13. The van der Waals surface area contributed by atoms with Crippen LogP contribution in [-0.2, 0) is 7.05 Å². The van der Waals surface area contributed by atoms with Gasteiger partial charge in [0.25, 0.3) is 0 Å². The predicted molar refractivity (Wildman–Crippen MR) is 75.8 cm³/mol. The van der Waals surface area contributed by atoms with Gasteiger partial charge in [-0.05, 0) is 29.7 Å². The van der Waals surface area contributed by atoms with Gasteiger partial charge in [0.2, 0.25) is 0 Å². The molecule has 3 rings (SSSR count). The maximum absolute atomic E-state index is 4.44. The molecule has 4 nitrogen and oxygen atoms in total. The largest absolute Gasteiger partial charge is 0.266 e. The number of aromatic nitrogens is 4. The number of hydrogen-bond donors (Lipinski definition) is 0. The molecule has 0 aliphatic rings.